The molecule has 0 unspecified atom stereocenters. The van der Waals surface area contributed by atoms with Gasteiger partial charge in [-0.15, -0.1) is 15.3 Å². The van der Waals surface area contributed by atoms with Gasteiger partial charge in [-0.1, -0.05) is 6.92 Å². The maximum absolute atomic E-state index is 12.3. The Morgan fingerprint density at radius 3 is 2.56 bits per heavy atom. The predicted octanol–water partition coefficient (Wildman–Crippen LogP) is 2.33. The first-order valence-corrected chi connectivity index (χ1v) is 5.80. The molecule has 2 aromatic rings. The zero-order valence-electron chi connectivity index (χ0n) is 9.19. The lowest BCUT2D eigenvalue weighted by Gasteiger charge is -2.03. The van der Waals surface area contributed by atoms with E-state index in [4.69, 9.17) is 0 Å². The zero-order chi connectivity index (χ0) is 13.2. The van der Waals surface area contributed by atoms with Crippen LogP contribution in [0, 0.1) is 0 Å². The Hall–Kier alpha value is -1.64. The number of hydrogen-bond donors (Lipinski definition) is 1. The molecule has 0 saturated carbocycles. The lowest BCUT2D eigenvalue weighted by molar-refractivity contribution is -0.141. The first-order valence-electron chi connectivity index (χ1n) is 4.99. The van der Waals surface area contributed by atoms with Crippen molar-refractivity contribution in [1.29, 1.82) is 0 Å². The molecule has 1 N–H and O–H groups in total. The lowest BCUT2D eigenvalue weighted by Crippen LogP contribution is -2.08. The van der Waals surface area contributed by atoms with Crippen LogP contribution in [0.25, 0.3) is 0 Å². The van der Waals surface area contributed by atoms with Gasteiger partial charge in [-0.3, -0.25) is 5.10 Å². The van der Waals surface area contributed by atoms with Crippen LogP contribution < -0.4 is 0 Å². The highest BCUT2D eigenvalue weighted by molar-refractivity contribution is 7.99. The van der Waals surface area contributed by atoms with Crippen molar-refractivity contribution in [2.24, 2.45) is 0 Å². The fraction of sp³-hybridized carbons (Fsp3) is 0.333. The number of nitrogens with one attached hydrogen (secondary N) is 1. The summed E-state index contributed by atoms with van der Waals surface area (Å²) >= 11 is 1.05. The largest absolute Gasteiger partial charge is 0.435 e. The van der Waals surface area contributed by atoms with E-state index in [9.17, 15) is 13.2 Å². The Balaban J connectivity index is 2.11. The number of halogens is 3. The Morgan fingerprint density at radius 2 is 2.06 bits per heavy atom. The summed E-state index contributed by atoms with van der Waals surface area (Å²) in [6.45, 7) is 1.91. The molecule has 9 heteroatoms. The third-order valence-corrected chi connectivity index (χ3v) is 2.76. The van der Waals surface area contributed by atoms with Gasteiger partial charge in [-0.2, -0.15) is 13.2 Å². The smallest absolute Gasteiger partial charge is 0.262 e. The van der Waals surface area contributed by atoms with Crippen LogP contribution in [0.3, 0.4) is 0 Å². The number of aromatic nitrogens is 5. The molecule has 2 heterocycles. The average molecular weight is 275 g/mol. The van der Waals surface area contributed by atoms with Crippen LogP contribution in [0.1, 0.15) is 18.4 Å². The fourth-order valence-electron chi connectivity index (χ4n) is 1.10. The Bertz CT molecular complexity index is 522. The summed E-state index contributed by atoms with van der Waals surface area (Å²) in [5.74, 6) is 0.706. The van der Waals surface area contributed by atoms with Crippen LogP contribution in [0.2, 0.25) is 0 Å². The van der Waals surface area contributed by atoms with Crippen molar-refractivity contribution in [1.82, 2.24) is 25.4 Å². The van der Waals surface area contributed by atoms with Crippen molar-refractivity contribution >= 4 is 11.8 Å². The molecule has 0 saturated heterocycles. The van der Waals surface area contributed by atoms with E-state index < -0.39 is 11.9 Å². The second-order valence-electron chi connectivity index (χ2n) is 3.27. The number of hydrogen-bond acceptors (Lipinski definition) is 5. The Labute approximate surface area is 104 Å². The molecule has 0 fully saturated rings. The highest BCUT2D eigenvalue weighted by atomic mass is 32.2. The summed E-state index contributed by atoms with van der Waals surface area (Å²) < 4.78 is 36.8. The molecule has 18 heavy (non-hydrogen) atoms. The molecule has 0 aliphatic rings. The summed E-state index contributed by atoms with van der Waals surface area (Å²) in [7, 11) is 0. The SMILES string of the molecule is CCc1nc(Sc2ccc(C(F)(F)F)nn2)n[nH]1. The van der Waals surface area contributed by atoms with Crippen LogP contribution in [0.15, 0.2) is 22.3 Å². The van der Waals surface area contributed by atoms with Crippen molar-refractivity contribution < 1.29 is 13.2 Å². The van der Waals surface area contributed by atoms with Crippen LogP contribution in [-0.4, -0.2) is 25.4 Å². The van der Waals surface area contributed by atoms with Crippen LogP contribution in [-0.2, 0) is 12.6 Å². The molecule has 2 aromatic heterocycles. The topological polar surface area (TPSA) is 67.3 Å². The molecule has 0 bridgehead atoms. The lowest BCUT2D eigenvalue weighted by atomic mass is 10.4. The maximum Gasteiger partial charge on any atom is 0.435 e. The summed E-state index contributed by atoms with van der Waals surface area (Å²) in [5.41, 5.74) is -1.02. The van der Waals surface area contributed by atoms with E-state index in [-0.39, 0.29) is 0 Å². The van der Waals surface area contributed by atoms with Crippen molar-refractivity contribution in [2.45, 2.75) is 29.7 Å². The van der Waals surface area contributed by atoms with Crippen LogP contribution in [0.4, 0.5) is 13.2 Å². The van der Waals surface area contributed by atoms with Gasteiger partial charge in [0.25, 0.3) is 0 Å². The summed E-state index contributed by atoms with van der Waals surface area (Å²) in [6.07, 6.45) is -3.78. The first-order chi connectivity index (χ1) is 8.49. The van der Waals surface area contributed by atoms with Gasteiger partial charge in [-0.05, 0) is 23.9 Å². The Kier molecular flexibility index (Phi) is 3.50. The molecule has 0 aliphatic carbocycles. The zero-order valence-corrected chi connectivity index (χ0v) is 10.0. The van der Waals surface area contributed by atoms with Crippen molar-refractivity contribution in [3.05, 3.63) is 23.7 Å². The molecule has 5 nitrogen and oxygen atoms in total. The van der Waals surface area contributed by atoms with E-state index in [1.165, 1.54) is 6.07 Å². The van der Waals surface area contributed by atoms with Crippen LogP contribution in [0.5, 0.6) is 0 Å². The number of aryl methyl sites for hydroxylation is 1. The van der Waals surface area contributed by atoms with E-state index in [0.29, 0.717) is 22.4 Å². The van der Waals surface area contributed by atoms with E-state index in [1.807, 2.05) is 6.92 Å². The molecular formula is C9H8F3N5S. The van der Waals surface area contributed by atoms with Gasteiger partial charge in [-0.25, -0.2) is 4.98 Å². The van der Waals surface area contributed by atoms with Gasteiger partial charge in [0.2, 0.25) is 5.16 Å². The average Bonchev–Trinajstić information content (AvgIpc) is 2.76. The molecule has 0 aliphatic heterocycles. The molecule has 0 amide bonds. The second kappa shape index (κ2) is 4.92. The van der Waals surface area contributed by atoms with E-state index in [0.717, 1.165) is 17.8 Å². The first kappa shape index (κ1) is 12.8. The number of H-pyrrole nitrogens is 1. The molecule has 2 rings (SSSR count). The molecule has 96 valence electrons. The number of rotatable bonds is 3. The monoisotopic (exact) mass is 275 g/mol. The van der Waals surface area contributed by atoms with Gasteiger partial charge in [0.15, 0.2) is 5.69 Å². The molecule has 0 radical (unpaired) electrons. The summed E-state index contributed by atoms with van der Waals surface area (Å²) in [6, 6.07) is 2.12. The fourth-order valence-corrected chi connectivity index (χ4v) is 1.75. The van der Waals surface area contributed by atoms with E-state index >= 15 is 0 Å². The van der Waals surface area contributed by atoms with Gasteiger partial charge in [0.1, 0.15) is 10.9 Å². The molecule has 0 atom stereocenters. The molecule has 0 aromatic carbocycles. The highest BCUT2D eigenvalue weighted by Crippen LogP contribution is 2.28. The predicted molar refractivity (Wildman–Crippen MR) is 56.9 cm³/mol. The normalized spacial score (nSPS) is 11.8. The number of alkyl halides is 3. The van der Waals surface area contributed by atoms with Crippen molar-refractivity contribution in [3.8, 4) is 0 Å². The maximum atomic E-state index is 12.3. The minimum absolute atomic E-state index is 0.310. The van der Waals surface area contributed by atoms with Crippen molar-refractivity contribution in [2.75, 3.05) is 0 Å². The van der Waals surface area contributed by atoms with E-state index in [1.54, 1.807) is 0 Å². The Morgan fingerprint density at radius 1 is 1.28 bits per heavy atom. The van der Waals surface area contributed by atoms with Gasteiger partial charge in [0.05, 0.1) is 0 Å². The second-order valence-corrected chi connectivity index (χ2v) is 4.26. The summed E-state index contributed by atoms with van der Waals surface area (Å²) in [5, 5.41) is 13.9. The van der Waals surface area contributed by atoms with Gasteiger partial charge in [0, 0.05) is 6.42 Å². The number of aromatic amines is 1. The van der Waals surface area contributed by atoms with Crippen LogP contribution >= 0.6 is 11.8 Å². The minimum atomic E-state index is -4.48. The quantitative estimate of drug-likeness (QED) is 0.931. The third-order valence-electron chi connectivity index (χ3n) is 1.97. The van der Waals surface area contributed by atoms with Gasteiger partial charge < -0.3 is 0 Å². The third kappa shape index (κ3) is 2.97. The molecular weight excluding hydrogens is 267 g/mol. The molecule has 0 spiro atoms. The standard InChI is InChI=1S/C9H8F3N5S/c1-2-6-13-8(17-15-6)18-7-4-3-5(14-16-7)9(10,11)12/h3-4H,2H2,1H3,(H,13,15,17). The highest BCUT2D eigenvalue weighted by Gasteiger charge is 2.32. The summed E-state index contributed by atoms with van der Waals surface area (Å²) in [4.78, 5) is 4.10. The number of nitrogens with zero attached hydrogens (tertiary/aromatic N) is 4. The van der Waals surface area contributed by atoms with Crippen molar-refractivity contribution in [3.63, 3.8) is 0 Å². The van der Waals surface area contributed by atoms with E-state index in [2.05, 4.69) is 25.4 Å². The minimum Gasteiger partial charge on any atom is -0.262 e. The van der Waals surface area contributed by atoms with Gasteiger partial charge >= 0.3 is 6.18 Å².